The lowest BCUT2D eigenvalue weighted by molar-refractivity contribution is 0.0497. The Kier molecular flexibility index (Phi) is 5.46. The van der Waals surface area contributed by atoms with Crippen LogP contribution < -0.4 is 10.6 Å². The number of alkyl carbamates (subject to hydrolysis) is 1. The molecule has 122 valence electrons. The predicted octanol–water partition coefficient (Wildman–Crippen LogP) is 3.39. The standard InChI is InChI=1S/C18H28N2O2/c1-13-6-5-7-14(10-13)11-19-12-16(15-8-9-15)20-17(21)22-18(2,3)4/h5-7,10,15-16,19H,8-9,11-12H2,1-4H3,(H,20,21). The Morgan fingerprint density at radius 2 is 2.09 bits per heavy atom. The van der Waals surface area contributed by atoms with Crippen molar-refractivity contribution in [2.75, 3.05) is 6.54 Å². The van der Waals surface area contributed by atoms with E-state index in [1.807, 2.05) is 20.8 Å². The normalized spacial score (nSPS) is 16.2. The minimum absolute atomic E-state index is 0.152. The van der Waals surface area contributed by atoms with Gasteiger partial charge >= 0.3 is 6.09 Å². The van der Waals surface area contributed by atoms with Crippen LogP contribution in [0.4, 0.5) is 4.79 Å². The molecule has 0 radical (unpaired) electrons. The molecule has 1 aromatic rings. The van der Waals surface area contributed by atoms with Crippen LogP contribution >= 0.6 is 0 Å². The molecule has 0 saturated heterocycles. The molecular weight excluding hydrogens is 276 g/mol. The first-order chi connectivity index (χ1) is 10.3. The number of carbonyl (C=O) groups is 1. The molecule has 1 fully saturated rings. The summed E-state index contributed by atoms with van der Waals surface area (Å²) in [5, 5.41) is 6.46. The van der Waals surface area contributed by atoms with Crippen molar-refractivity contribution < 1.29 is 9.53 Å². The van der Waals surface area contributed by atoms with Crippen molar-refractivity contribution in [2.45, 2.75) is 58.7 Å². The van der Waals surface area contributed by atoms with Crippen LogP contribution in [0.25, 0.3) is 0 Å². The molecule has 1 amide bonds. The number of nitrogens with one attached hydrogen (secondary N) is 2. The van der Waals surface area contributed by atoms with Gasteiger partial charge in [0.25, 0.3) is 0 Å². The van der Waals surface area contributed by atoms with E-state index >= 15 is 0 Å². The second-order valence-corrected chi connectivity index (χ2v) is 7.21. The number of aryl methyl sites for hydroxylation is 1. The van der Waals surface area contributed by atoms with E-state index in [1.165, 1.54) is 24.0 Å². The van der Waals surface area contributed by atoms with Crippen LogP contribution in [0.5, 0.6) is 0 Å². The highest BCUT2D eigenvalue weighted by Crippen LogP contribution is 2.32. The molecule has 0 heterocycles. The Hall–Kier alpha value is -1.55. The molecule has 1 saturated carbocycles. The molecule has 4 nitrogen and oxygen atoms in total. The van der Waals surface area contributed by atoms with Gasteiger partial charge in [-0.15, -0.1) is 0 Å². The van der Waals surface area contributed by atoms with E-state index < -0.39 is 5.60 Å². The van der Waals surface area contributed by atoms with Crippen molar-refractivity contribution in [1.29, 1.82) is 0 Å². The third-order valence-electron chi connectivity index (χ3n) is 3.67. The number of hydrogen-bond donors (Lipinski definition) is 2. The van der Waals surface area contributed by atoms with Crippen molar-refractivity contribution >= 4 is 6.09 Å². The van der Waals surface area contributed by atoms with Gasteiger partial charge in [-0.3, -0.25) is 0 Å². The zero-order valence-electron chi connectivity index (χ0n) is 14.1. The monoisotopic (exact) mass is 304 g/mol. The van der Waals surface area contributed by atoms with Crippen LogP contribution in [0, 0.1) is 12.8 Å². The number of ether oxygens (including phenoxy) is 1. The van der Waals surface area contributed by atoms with Gasteiger partial charge in [-0.05, 0) is 52.0 Å². The SMILES string of the molecule is Cc1cccc(CNCC(NC(=O)OC(C)(C)C)C2CC2)c1. The smallest absolute Gasteiger partial charge is 0.407 e. The molecule has 1 aliphatic rings. The molecule has 2 N–H and O–H groups in total. The van der Waals surface area contributed by atoms with Crippen LogP contribution in [0.1, 0.15) is 44.7 Å². The largest absolute Gasteiger partial charge is 0.444 e. The lowest BCUT2D eigenvalue weighted by Crippen LogP contribution is -2.45. The zero-order valence-corrected chi connectivity index (χ0v) is 14.1. The molecule has 1 unspecified atom stereocenters. The summed E-state index contributed by atoms with van der Waals surface area (Å²) in [6, 6.07) is 8.62. The Labute approximate surface area is 133 Å². The van der Waals surface area contributed by atoms with E-state index in [4.69, 9.17) is 4.74 Å². The average molecular weight is 304 g/mol. The van der Waals surface area contributed by atoms with Crippen molar-refractivity contribution in [3.05, 3.63) is 35.4 Å². The Morgan fingerprint density at radius 3 is 2.68 bits per heavy atom. The number of rotatable bonds is 6. The fraction of sp³-hybridized carbons (Fsp3) is 0.611. The molecule has 0 aromatic heterocycles. The summed E-state index contributed by atoms with van der Waals surface area (Å²) in [5.41, 5.74) is 2.09. The minimum Gasteiger partial charge on any atom is -0.444 e. The van der Waals surface area contributed by atoms with Crippen LogP contribution in [-0.2, 0) is 11.3 Å². The van der Waals surface area contributed by atoms with Crippen LogP contribution in [0.3, 0.4) is 0 Å². The second-order valence-electron chi connectivity index (χ2n) is 7.21. The molecule has 0 bridgehead atoms. The molecule has 1 atom stereocenters. The van der Waals surface area contributed by atoms with Gasteiger partial charge in [0.2, 0.25) is 0 Å². The molecule has 0 aliphatic heterocycles. The highest BCUT2D eigenvalue weighted by molar-refractivity contribution is 5.68. The van der Waals surface area contributed by atoms with Gasteiger partial charge in [0.15, 0.2) is 0 Å². The van der Waals surface area contributed by atoms with Gasteiger partial charge in [-0.25, -0.2) is 4.79 Å². The molecule has 1 aromatic carbocycles. The van der Waals surface area contributed by atoms with Crippen molar-refractivity contribution in [3.8, 4) is 0 Å². The number of amides is 1. The molecule has 1 aliphatic carbocycles. The summed E-state index contributed by atoms with van der Waals surface area (Å²) in [4.78, 5) is 11.9. The number of benzene rings is 1. The van der Waals surface area contributed by atoms with Gasteiger partial charge in [-0.1, -0.05) is 29.8 Å². The average Bonchev–Trinajstić information content (AvgIpc) is 3.19. The summed E-state index contributed by atoms with van der Waals surface area (Å²) in [6.07, 6.45) is 2.06. The van der Waals surface area contributed by atoms with Gasteiger partial charge in [0.1, 0.15) is 5.60 Å². The maximum absolute atomic E-state index is 11.9. The first-order valence-electron chi connectivity index (χ1n) is 8.09. The van der Waals surface area contributed by atoms with E-state index in [0.29, 0.717) is 5.92 Å². The molecule has 4 heteroatoms. The van der Waals surface area contributed by atoms with Gasteiger partial charge in [0.05, 0.1) is 0 Å². The maximum atomic E-state index is 11.9. The Balaban J connectivity index is 1.78. The number of hydrogen-bond acceptors (Lipinski definition) is 3. The topological polar surface area (TPSA) is 50.4 Å². The first kappa shape index (κ1) is 16.8. The van der Waals surface area contributed by atoms with Crippen LogP contribution in [0.15, 0.2) is 24.3 Å². The van der Waals surface area contributed by atoms with E-state index in [9.17, 15) is 4.79 Å². The van der Waals surface area contributed by atoms with Gasteiger partial charge < -0.3 is 15.4 Å². The third-order valence-corrected chi connectivity index (χ3v) is 3.67. The maximum Gasteiger partial charge on any atom is 0.407 e. The van der Waals surface area contributed by atoms with Crippen molar-refractivity contribution in [3.63, 3.8) is 0 Å². The van der Waals surface area contributed by atoms with E-state index in [-0.39, 0.29) is 12.1 Å². The molecular formula is C18H28N2O2. The fourth-order valence-corrected chi connectivity index (χ4v) is 2.49. The molecule has 22 heavy (non-hydrogen) atoms. The lowest BCUT2D eigenvalue weighted by atomic mass is 10.1. The zero-order chi connectivity index (χ0) is 16.2. The van der Waals surface area contributed by atoms with Gasteiger partial charge in [-0.2, -0.15) is 0 Å². The number of carbonyl (C=O) groups excluding carboxylic acids is 1. The Morgan fingerprint density at radius 1 is 1.36 bits per heavy atom. The molecule has 0 spiro atoms. The summed E-state index contributed by atoms with van der Waals surface area (Å²) < 4.78 is 5.35. The van der Waals surface area contributed by atoms with Crippen LogP contribution in [-0.4, -0.2) is 24.3 Å². The Bertz CT molecular complexity index is 504. The fourth-order valence-electron chi connectivity index (χ4n) is 2.49. The van der Waals surface area contributed by atoms with Crippen molar-refractivity contribution in [1.82, 2.24) is 10.6 Å². The molecule has 2 rings (SSSR count). The van der Waals surface area contributed by atoms with Crippen LogP contribution in [0.2, 0.25) is 0 Å². The second kappa shape index (κ2) is 7.14. The lowest BCUT2D eigenvalue weighted by Gasteiger charge is -2.24. The summed E-state index contributed by atoms with van der Waals surface area (Å²) in [7, 11) is 0. The minimum atomic E-state index is -0.451. The van der Waals surface area contributed by atoms with E-state index in [0.717, 1.165) is 13.1 Å². The summed E-state index contributed by atoms with van der Waals surface area (Å²) in [6.45, 7) is 9.34. The van der Waals surface area contributed by atoms with E-state index in [1.54, 1.807) is 0 Å². The highest BCUT2D eigenvalue weighted by Gasteiger charge is 2.33. The van der Waals surface area contributed by atoms with Gasteiger partial charge in [0, 0.05) is 19.1 Å². The quantitative estimate of drug-likeness (QED) is 0.847. The summed E-state index contributed by atoms with van der Waals surface area (Å²) in [5.74, 6) is 0.581. The highest BCUT2D eigenvalue weighted by atomic mass is 16.6. The third kappa shape index (κ3) is 6.06. The predicted molar refractivity (Wildman–Crippen MR) is 88.8 cm³/mol. The first-order valence-corrected chi connectivity index (χ1v) is 8.09. The van der Waals surface area contributed by atoms with E-state index in [2.05, 4.69) is 41.8 Å². The summed E-state index contributed by atoms with van der Waals surface area (Å²) >= 11 is 0. The van der Waals surface area contributed by atoms with Crippen molar-refractivity contribution in [2.24, 2.45) is 5.92 Å².